The molecule has 0 aliphatic rings. The molecule has 0 unspecified atom stereocenters. The highest BCUT2D eigenvalue weighted by Crippen LogP contribution is 2.05. The number of aromatic nitrogens is 1. The third-order valence-electron chi connectivity index (χ3n) is 3.12. The summed E-state index contributed by atoms with van der Waals surface area (Å²) < 4.78 is 0. The zero-order valence-corrected chi connectivity index (χ0v) is 13.0. The molecule has 0 saturated heterocycles. The van der Waals surface area contributed by atoms with E-state index >= 15 is 0 Å². The van der Waals surface area contributed by atoms with Gasteiger partial charge in [-0.2, -0.15) is 10.2 Å². The van der Waals surface area contributed by atoms with Crippen LogP contribution in [0.4, 0.5) is 11.4 Å². The van der Waals surface area contributed by atoms with Gasteiger partial charge in [-0.3, -0.25) is 10.9 Å². The Kier molecular flexibility index (Phi) is 5.30. The number of hydrogen-bond donors (Lipinski definition) is 2. The summed E-state index contributed by atoms with van der Waals surface area (Å²) in [6.07, 6.45) is 3.35. The molecule has 2 aromatic carbocycles. The van der Waals surface area contributed by atoms with E-state index in [0.717, 1.165) is 22.8 Å². The molecule has 2 N–H and O–H groups in total. The minimum atomic E-state index is 0.752. The molecule has 118 valence electrons. The number of hydrogen-bond acceptors (Lipinski definition) is 5. The van der Waals surface area contributed by atoms with Crippen LogP contribution in [0.15, 0.2) is 89.1 Å². The molecule has 0 saturated carbocycles. The van der Waals surface area contributed by atoms with Crippen LogP contribution in [0.3, 0.4) is 0 Å². The van der Waals surface area contributed by atoms with Crippen molar-refractivity contribution in [3.05, 3.63) is 90.3 Å². The Bertz CT molecular complexity index is 747. The molecule has 0 aliphatic carbocycles. The van der Waals surface area contributed by atoms with E-state index in [0.29, 0.717) is 0 Å². The molecule has 0 aliphatic heterocycles. The Labute approximate surface area is 140 Å². The maximum atomic E-state index is 4.46. The lowest BCUT2D eigenvalue weighted by molar-refractivity contribution is 1.25. The summed E-state index contributed by atoms with van der Waals surface area (Å²) >= 11 is 0. The van der Waals surface area contributed by atoms with Crippen LogP contribution in [0.25, 0.3) is 0 Å². The van der Waals surface area contributed by atoms with Gasteiger partial charge in [0, 0.05) is 0 Å². The van der Waals surface area contributed by atoms with Crippen molar-refractivity contribution < 1.29 is 0 Å². The zero-order valence-electron chi connectivity index (χ0n) is 13.0. The van der Waals surface area contributed by atoms with Crippen molar-refractivity contribution in [1.29, 1.82) is 0 Å². The Morgan fingerprint density at radius 2 is 1.04 bits per heavy atom. The largest absolute Gasteiger partial charge is 0.278 e. The van der Waals surface area contributed by atoms with Crippen molar-refractivity contribution in [2.45, 2.75) is 0 Å². The van der Waals surface area contributed by atoms with E-state index in [9.17, 15) is 0 Å². The average Bonchev–Trinajstić information content (AvgIpc) is 2.64. The number of rotatable bonds is 6. The lowest BCUT2D eigenvalue weighted by Gasteiger charge is -2.00. The monoisotopic (exact) mass is 315 g/mol. The SMILES string of the molecule is C(=N\Nc1ccccc1)/c1cccc(/C=N/Nc2ccccc2)n1. The van der Waals surface area contributed by atoms with E-state index in [4.69, 9.17) is 0 Å². The van der Waals surface area contributed by atoms with Gasteiger partial charge in [-0.1, -0.05) is 42.5 Å². The number of para-hydroxylation sites is 2. The van der Waals surface area contributed by atoms with Crippen LogP contribution < -0.4 is 10.9 Å². The van der Waals surface area contributed by atoms with Crippen LogP contribution in [0, 0.1) is 0 Å². The van der Waals surface area contributed by atoms with Crippen LogP contribution in [-0.4, -0.2) is 17.4 Å². The summed E-state index contributed by atoms with van der Waals surface area (Å²) in [5.74, 6) is 0. The van der Waals surface area contributed by atoms with Gasteiger partial charge in [0.15, 0.2) is 0 Å². The molecule has 0 bridgehead atoms. The maximum Gasteiger partial charge on any atom is 0.0838 e. The minimum Gasteiger partial charge on any atom is -0.278 e. The smallest absolute Gasteiger partial charge is 0.0838 e. The fourth-order valence-corrected chi connectivity index (χ4v) is 1.98. The van der Waals surface area contributed by atoms with Gasteiger partial charge in [0.2, 0.25) is 0 Å². The Morgan fingerprint density at radius 1 is 0.583 bits per heavy atom. The van der Waals surface area contributed by atoms with E-state index in [1.54, 1.807) is 12.4 Å². The van der Waals surface area contributed by atoms with E-state index < -0.39 is 0 Å². The number of hydrazone groups is 2. The number of benzene rings is 2. The van der Waals surface area contributed by atoms with E-state index in [1.807, 2.05) is 78.9 Å². The highest BCUT2D eigenvalue weighted by atomic mass is 15.3. The average molecular weight is 315 g/mol. The van der Waals surface area contributed by atoms with Crippen LogP contribution in [-0.2, 0) is 0 Å². The quantitative estimate of drug-likeness (QED) is 0.534. The molecule has 0 radical (unpaired) electrons. The van der Waals surface area contributed by atoms with Gasteiger partial charge in [0.1, 0.15) is 0 Å². The van der Waals surface area contributed by atoms with E-state index in [1.165, 1.54) is 0 Å². The fourth-order valence-electron chi connectivity index (χ4n) is 1.98. The third-order valence-corrected chi connectivity index (χ3v) is 3.12. The number of pyridine rings is 1. The van der Waals surface area contributed by atoms with Crippen molar-refractivity contribution >= 4 is 23.8 Å². The van der Waals surface area contributed by atoms with Crippen molar-refractivity contribution in [3.8, 4) is 0 Å². The molecule has 0 atom stereocenters. The molecule has 3 rings (SSSR count). The topological polar surface area (TPSA) is 61.7 Å². The summed E-state index contributed by atoms with van der Waals surface area (Å²) in [6, 6.07) is 25.2. The predicted octanol–water partition coefficient (Wildman–Crippen LogP) is 3.97. The molecule has 0 fully saturated rings. The Morgan fingerprint density at radius 3 is 1.50 bits per heavy atom. The molecule has 24 heavy (non-hydrogen) atoms. The van der Waals surface area contributed by atoms with E-state index in [-0.39, 0.29) is 0 Å². The summed E-state index contributed by atoms with van der Waals surface area (Å²) in [4.78, 5) is 4.46. The maximum absolute atomic E-state index is 4.46. The number of anilines is 2. The van der Waals surface area contributed by atoms with Crippen LogP contribution in [0.2, 0.25) is 0 Å². The summed E-state index contributed by atoms with van der Waals surface area (Å²) in [6.45, 7) is 0. The van der Waals surface area contributed by atoms with Gasteiger partial charge < -0.3 is 0 Å². The molecule has 0 spiro atoms. The first-order chi connectivity index (χ1) is 11.9. The second-order valence-corrected chi connectivity index (χ2v) is 4.96. The molecular weight excluding hydrogens is 298 g/mol. The lowest BCUT2D eigenvalue weighted by Crippen LogP contribution is -1.97. The normalized spacial score (nSPS) is 11.0. The number of nitrogens with one attached hydrogen (secondary N) is 2. The molecule has 1 aromatic heterocycles. The van der Waals surface area contributed by atoms with Gasteiger partial charge in [-0.25, -0.2) is 4.98 Å². The molecule has 0 amide bonds. The van der Waals surface area contributed by atoms with Gasteiger partial charge >= 0.3 is 0 Å². The van der Waals surface area contributed by atoms with Gasteiger partial charge in [-0.05, 0) is 36.4 Å². The first-order valence-electron chi connectivity index (χ1n) is 7.55. The summed E-state index contributed by atoms with van der Waals surface area (Å²) in [7, 11) is 0. The van der Waals surface area contributed by atoms with Crippen LogP contribution in [0.1, 0.15) is 11.4 Å². The summed E-state index contributed by atoms with van der Waals surface area (Å²) in [5.41, 5.74) is 9.28. The molecule has 5 nitrogen and oxygen atoms in total. The first kappa shape index (κ1) is 15.4. The van der Waals surface area contributed by atoms with E-state index in [2.05, 4.69) is 26.0 Å². The standard InChI is InChI=1S/C19H17N5/c1-3-8-16(9-4-1)23-20-14-18-12-7-13-19(22-18)15-21-24-17-10-5-2-6-11-17/h1-15,23-24H/b20-14+,21-15+. The second kappa shape index (κ2) is 8.24. The van der Waals surface area contributed by atoms with Crippen LogP contribution >= 0.6 is 0 Å². The second-order valence-electron chi connectivity index (χ2n) is 4.96. The van der Waals surface area contributed by atoms with Crippen molar-refractivity contribution in [2.75, 3.05) is 10.9 Å². The summed E-state index contributed by atoms with van der Waals surface area (Å²) in [5, 5.41) is 8.37. The Balaban J connectivity index is 1.59. The Hall–Kier alpha value is -3.47. The van der Waals surface area contributed by atoms with Crippen molar-refractivity contribution in [3.63, 3.8) is 0 Å². The number of nitrogens with zero attached hydrogens (tertiary/aromatic N) is 3. The van der Waals surface area contributed by atoms with Gasteiger partial charge in [-0.15, -0.1) is 0 Å². The molecule has 5 heteroatoms. The van der Waals surface area contributed by atoms with Crippen LogP contribution in [0.5, 0.6) is 0 Å². The molecule has 1 heterocycles. The highest BCUT2D eigenvalue weighted by molar-refractivity contribution is 5.82. The minimum absolute atomic E-state index is 0.752. The lowest BCUT2D eigenvalue weighted by atomic mass is 10.3. The third kappa shape index (κ3) is 4.78. The molecule has 3 aromatic rings. The highest BCUT2D eigenvalue weighted by Gasteiger charge is 1.93. The van der Waals surface area contributed by atoms with Crippen molar-refractivity contribution in [2.24, 2.45) is 10.2 Å². The van der Waals surface area contributed by atoms with Gasteiger partial charge in [0.05, 0.1) is 35.2 Å². The molecular formula is C19H17N5. The van der Waals surface area contributed by atoms with Crippen molar-refractivity contribution in [1.82, 2.24) is 4.98 Å². The first-order valence-corrected chi connectivity index (χ1v) is 7.55. The van der Waals surface area contributed by atoms with Gasteiger partial charge in [0.25, 0.3) is 0 Å². The predicted molar refractivity (Wildman–Crippen MR) is 99.6 cm³/mol. The fraction of sp³-hybridized carbons (Fsp3) is 0. The zero-order chi connectivity index (χ0) is 16.5.